The first kappa shape index (κ1) is 12.4. The van der Waals surface area contributed by atoms with Gasteiger partial charge in [0.1, 0.15) is 0 Å². The lowest BCUT2D eigenvalue weighted by Gasteiger charge is -2.03. The molecule has 1 aliphatic rings. The molecule has 3 rings (SSSR count). The van der Waals surface area contributed by atoms with Crippen LogP contribution >= 0.6 is 0 Å². The highest BCUT2D eigenvalue weighted by Gasteiger charge is 2.21. The standard InChI is InChI=1S/C15H19N3O/c1-11-5-2-3-6-12(11)8-9-14-17-15(18-19-14)13-7-4-10-16-13/h2-3,5-6,13,16H,4,7-10H2,1H3. The van der Waals surface area contributed by atoms with Crippen molar-refractivity contribution in [1.82, 2.24) is 15.5 Å². The average Bonchev–Trinajstić information content (AvgIpc) is 3.09. The zero-order valence-corrected chi connectivity index (χ0v) is 11.2. The minimum absolute atomic E-state index is 0.288. The number of aromatic nitrogens is 2. The highest BCUT2D eigenvalue weighted by molar-refractivity contribution is 5.25. The first-order valence-electron chi connectivity index (χ1n) is 6.93. The van der Waals surface area contributed by atoms with E-state index in [4.69, 9.17) is 4.52 Å². The van der Waals surface area contributed by atoms with Crippen LogP contribution in [0.1, 0.15) is 41.7 Å². The summed E-state index contributed by atoms with van der Waals surface area (Å²) in [6, 6.07) is 8.72. The van der Waals surface area contributed by atoms with Crippen LogP contribution in [0.15, 0.2) is 28.8 Å². The molecule has 4 heteroatoms. The van der Waals surface area contributed by atoms with E-state index in [1.807, 2.05) is 0 Å². The predicted molar refractivity (Wildman–Crippen MR) is 72.9 cm³/mol. The topological polar surface area (TPSA) is 51.0 Å². The molecular weight excluding hydrogens is 238 g/mol. The SMILES string of the molecule is Cc1ccccc1CCc1nc(C2CCCN2)no1. The summed E-state index contributed by atoms with van der Waals surface area (Å²) in [4.78, 5) is 4.50. The number of hydrogen-bond donors (Lipinski definition) is 1. The third-order valence-electron chi connectivity index (χ3n) is 3.73. The summed E-state index contributed by atoms with van der Waals surface area (Å²) >= 11 is 0. The lowest BCUT2D eigenvalue weighted by Crippen LogP contribution is -2.14. The van der Waals surface area contributed by atoms with Crippen molar-refractivity contribution < 1.29 is 4.52 Å². The number of nitrogens with one attached hydrogen (secondary N) is 1. The quantitative estimate of drug-likeness (QED) is 0.914. The van der Waals surface area contributed by atoms with Gasteiger partial charge in [0.05, 0.1) is 6.04 Å². The Morgan fingerprint density at radius 3 is 3.00 bits per heavy atom. The Hall–Kier alpha value is -1.68. The van der Waals surface area contributed by atoms with E-state index in [2.05, 4.69) is 46.6 Å². The summed E-state index contributed by atoms with van der Waals surface area (Å²) in [5.41, 5.74) is 2.67. The molecule has 19 heavy (non-hydrogen) atoms. The van der Waals surface area contributed by atoms with E-state index in [9.17, 15) is 0 Å². The van der Waals surface area contributed by atoms with E-state index in [1.54, 1.807) is 0 Å². The highest BCUT2D eigenvalue weighted by Crippen LogP contribution is 2.20. The van der Waals surface area contributed by atoms with Gasteiger partial charge in [0.2, 0.25) is 5.89 Å². The van der Waals surface area contributed by atoms with Gasteiger partial charge in [0.15, 0.2) is 5.82 Å². The maximum absolute atomic E-state index is 5.34. The number of nitrogens with zero attached hydrogens (tertiary/aromatic N) is 2. The Labute approximate surface area is 113 Å². The molecule has 0 radical (unpaired) electrons. The molecule has 0 bridgehead atoms. The normalized spacial score (nSPS) is 18.9. The van der Waals surface area contributed by atoms with Crippen LogP contribution in [0.3, 0.4) is 0 Å². The van der Waals surface area contributed by atoms with Crippen molar-refractivity contribution in [1.29, 1.82) is 0 Å². The molecule has 0 spiro atoms. The van der Waals surface area contributed by atoms with Crippen molar-refractivity contribution in [3.05, 3.63) is 47.1 Å². The van der Waals surface area contributed by atoms with Crippen LogP contribution in [0.2, 0.25) is 0 Å². The lowest BCUT2D eigenvalue weighted by molar-refractivity contribution is 0.368. The molecule has 1 N–H and O–H groups in total. The second kappa shape index (κ2) is 5.53. The van der Waals surface area contributed by atoms with Crippen molar-refractivity contribution >= 4 is 0 Å². The van der Waals surface area contributed by atoms with Gasteiger partial charge in [-0.05, 0) is 43.9 Å². The predicted octanol–water partition coefficient (Wildman–Crippen LogP) is 2.59. The number of hydrogen-bond acceptors (Lipinski definition) is 4. The second-order valence-electron chi connectivity index (χ2n) is 5.12. The summed E-state index contributed by atoms with van der Waals surface area (Å²) in [6.45, 7) is 3.19. The molecule has 0 amide bonds. The van der Waals surface area contributed by atoms with Crippen molar-refractivity contribution in [2.75, 3.05) is 6.54 Å². The number of benzene rings is 1. The summed E-state index contributed by atoms with van der Waals surface area (Å²) in [5, 5.41) is 7.47. The summed E-state index contributed by atoms with van der Waals surface area (Å²) in [6.07, 6.45) is 4.06. The van der Waals surface area contributed by atoms with Gasteiger partial charge < -0.3 is 9.84 Å². The van der Waals surface area contributed by atoms with Gasteiger partial charge >= 0.3 is 0 Å². The Balaban J connectivity index is 1.63. The molecule has 1 atom stereocenters. The molecule has 4 nitrogen and oxygen atoms in total. The second-order valence-corrected chi connectivity index (χ2v) is 5.12. The molecule has 2 aromatic rings. The molecule has 0 aliphatic carbocycles. The van der Waals surface area contributed by atoms with Gasteiger partial charge in [-0.3, -0.25) is 0 Å². The molecule has 1 unspecified atom stereocenters. The van der Waals surface area contributed by atoms with Crippen molar-refractivity contribution in [2.24, 2.45) is 0 Å². The van der Waals surface area contributed by atoms with Crippen LogP contribution in [0.5, 0.6) is 0 Å². The zero-order chi connectivity index (χ0) is 13.1. The Bertz CT molecular complexity index is 544. The van der Waals surface area contributed by atoms with Crippen LogP contribution in [-0.2, 0) is 12.8 Å². The number of aryl methyl sites for hydroxylation is 3. The van der Waals surface area contributed by atoms with E-state index in [0.717, 1.165) is 37.5 Å². The van der Waals surface area contributed by atoms with E-state index >= 15 is 0 Å². The van der Waals surface area contributed by atoms with Gasteiger partial charge in [-0.1, -0.05) is 29.4 Å². The molecule has 1 aliphatic heterocycles. The third-order valence-corrected chi connectivity index (χ3v) is 3.73. The molecule has 1 fully saturated rings. The van der Waals surface area contributed by atoms with Crippen LogP contribution < -0.4 is 5.32 Å². The molecule has 2 heterocycles. The maximum Gasteiger partial charge on any atom is 0.227 e. The van der Waals surface area contributed by atoms with Gasteiger partial charge in [0.25, 0.3) is 0 Å². The zero-order valence-electron chi connectivity index (χ0n) is 11.2. The van der Waals surface area contributed by atoms with Crippen LogP contribution in [0, 0.1) is 6.92 Å². The van der Waals surface area contributed by atoms with Gasteiger partial charge in [-0.2, -0.15) is 4.98 Å². The minimum Gasteiger partial charge on any atom is -0.339 e. The minimum atomic E-state index is 0.288. The fourth-order valence-electron chi connectivity index (χ4n) is 2.55. The largest absolute Gasteiger partial charge is 0.339 e. The molecule has 1 aromatic heterocycles. The molecular formula is C15H19N3O. The van der Waals surface area contributed by atoms with Gasteiger partial charge in [-0.15, -0.1) is 0 Å². The van der Waals surface area contributed by atoms with Gasteiger partial charge in [0, 0.05) is 6.42 Å². The highest BCUT2D eigenvalue weighted by atomic mass is 16.5. The van der Waals surface area contributed by atoms with Gasteiger partial charge in [-0.25, -0.2) is 0 Å². The summed E-state index contributed by atoms with van der Waals surface area (Å²) in [5.74, 6) is 1.56. The molecule has 1 aromatic carbocycles. The van der Waals surface area contributed by atoms with Crippen LogP contribution in [-0.4, -0.2) is 16.7 Å². The van der Waals surface area contributed by atoms with Crippen molar-refractivity contribution in [3.8, 4) is 0 Å². The number of rotatable bonds is 4. The van der Waals surface area contributed by atoms with Crippen molar-refractivity contribution in [3.63, 3.8) is 0 Å². The first-order valence-corrected chi connectivity index (χ1v) is 6.93. The van der Waals surface area contributed by atoms with E-state index in [0.29, 0.717) is 0 Å². The maximum atomic E-state index is 5.34. The Morgan fingerprint density at radius 1 is 1.32 bits per heavy atom. The molecule has 100 valence electrons. The van der Waals surface area contributed by atoms with E-state index < -0.39 is 0 Å². The Kier molecular flexibility index (Phi) is 3.60. The van der Waals surface area contributed by atoms with Crippen LogP contribution in [0.25, 0.3) is 0 Å². The molecule has 1 saturated heterocycles. The van der Waals surface area contributed by atoms with Crippen LogP contribution in [0.4, 0.5) is 0 Å². The lowest BCUT2D eigenvalue weighted by atomic mass is 10.0. The van der Waals surface area contributed by atoms with E-state index in [-0.39, 0.29) is 6.04 Å². The van der Waals surface area contributed by atoms with E-state index in [1.165, 1.54) is 17.5 Å². The third kappa shape index (κ3) is 2.84. The smallest absolute Gasteiger partial charge is 0.227 e. The molecule has 0 saturated carbocycles. The monoisotopic (exact) mass is 257 g/mol. The fraction of sp³-hybridized carbons (Fsp3) is 0.467. The average molecular weight is 257 g/mol. The fourth-order valence-corrected chi connectivity index (χ4v) is 2.55. The summed E-state index contributed by atoms with van der Waals surface area (Å²) in [7, 11) is 0. The Morgan fingerprint density at radius 2 is 2.21 bits per heavy atom. The van der Waals surface area contributed by atoms with Crippen molar-refractivity contribution in [2.45, 2.75) is 38.6 Å². The summed E-state index contributed by atoms with van der Waals surface area (Å²) < 4.78 is 5.34. The first-order chi connectivity index (χ1) is 9.33.